The van der Waals surface area contributed by atoms with Crippen LogP contribution in [0.4, 0.5) is 8.78 Å². The number of amides is 1. The highest BCUT2D eigenvalue weighted by Gasteiger charge is 2.26. The first-order chi connectivity index (χ1) is 13.8. The fourth-order valence-electron chi connectivity index (χ4n) is 3.17. The van der Waals surface area contributed by atoms with Crippen LogP contribution in [0.15, 0.2) is 53.4 Å². The van der Waals surface area contributed by atoms with Crippen molar-refractivity contribution in [2.75, 3.05) is 33.3 Å². The van der Waals surface area contributed by atoms with Crippen LogP contribution in [0.2, 0.25) is 0 Å². The number of ether oxygens (including phenoxy) is 1. The van der Waals surface area contributed by atoms with Crippen LogP contribution in [0.25, 0.3) is 0 Å². The van der Waals surface area contributed by atoms with Crippen molar-refractivity contribution in [1.29, 1.82) is 0 Å². The highest BCUT2D eigenvalue weighted by molar-refractivity contribution is 7.91. The van der Waals surface area contributed by atoms with Crippen LogP contribution in [-0.4, -0.2) is 63.2 Å². The van der Waals surface area contributed by atoms with E-state index in [9.17, 15) is 22.0 Å². The van der Waals surface area contributed by atoms with Crippen LogP contribution in [-0.2, 0) is 16.4 Å². The van der Waals surface area contributed by atoms with Crippen LogP contribution >= 0.6 is 0 Å². The third kappa shape index (κ3) is 4.91. The maximum absolute atomic E-state index is 12.6. The Hall–Kier alpha value is -2.52. The van der Waals surface area contributed by atoms with Gasteiger partial charge >= 0.3 is 5.76 Å². The molecule has 0 atom stereocenters. The first-order valence-electron chi connectivity index (χ1n) is 9.08. The average Bonchev–Trinajstić information content (AvgIpc) is 2.74. The van der Waals surface area contributed by atoms with Gasteiger partial charge in [-0.05, 0) is 42.0 Å². The molecule has 156 valence electrons. The minimum absolute atomic E-state index is 0.0335. The molecule has 1 aliphatic rings. The normalized spacial score (nSPS) is 15.5. The summed E-state index contributed by atoms with van der Waals surface area (Å²) in [5.41, 5.74) is 1.43. The number of hydrogen-bond acceptors (Lipinski definition) is 5. The summed E-state index contributed by atoms with van der Waals surface area (Å²) in [4.78, 5) is 16.1. The molecule has 0 spiro atoms. The summed E-state index contributed by atoms with van der Waals surface area (Å²) in [6.07, 6.45) is 0. The summed E-state index contributed by atoms with van der Waals surface area (Å²) in [5, 5.41) is 0. The lowest BCUT2D eigenvalue weighted by Gasteiger charge is -2.34. The number of sulfone groups is 1. The number of hydrogen-bond donors (Lipinski definition) is 0. The van der Waals surface area contributed by atoms with Crippen LogP contribution in [0, 0.1) is 0 Å². The molecule has 2 aromatic carbocycles. The van der Waals surface area contributed by atoms with Gasteiger partial charge in [-0.1, -0.05) is 12.1 Å². The van der Waals surface area contributed by atoms with E-state index >= 15 is 0 Å². The van der Waals surface area contributed by atoms with Crippen molar-refractivity contribution in [2.24, 2.45) is 0 Å². The molecule has 1 heterocycles. The van der Waals surface area contributed by atoms with Crippen molar-refractivity contribution in [3.8, 4) is 5.75 Å². The Balaban J connectivity index is 1.55. The van der Waals surface area contributed by atoms with Gasteiger partial charge in [0.05, 0.1) is 12.0 Å². The molecule has 1 amide bonds. The number of methoxy groups -OCH3 is 1. The topological polar surface area (TPSA) is 66.9 Å². The summed E-state index contributed by atoms with van der Waals surface area (Å²) in [6, 6.07) is 12.5. The lowest BCUT2D eigenvalue weighted by molar-refractivity contribution is 0.0628. The molecule has 0 saturated carbocycles. The van der Waals surface area contributed by atoms with Gasteiger partial charge in [-0.15, -0.1) is 0 Å². The second kappa shape index (κ2) is 8.87. The maximum atomic E-state index is 12.6. The summed E-state index contributed by atoms with van der Waals surface area (Å²) in [5.74, 6) is -2.77. The number of halogens is 2. The molecule has 1 fully saturated rings. The van der Waals surface area contributed by atoms with Crippen molar-refractivity contribution in [1.82, 2.24) is 9.80 Å². The van der Waals surface area contributed by atoms with E-state index in [1.54, 1.807) is 48.4 Å². The molecule has 2 aromatic rings. The zero-order chi connectivity index (χ0) is 21.0. The standard InChI is InChI=1S/C20H22F2N2O4S/c1-28-17-6-4-16(5-7-17)19(25)24-12-10-23(11-13-24)14-15-2-8-18(9-3-15)29(26,27)20(21)22/h2-9,20H,10-14H2,1H3. The summed E-state index contributed by atoms with van der Waals surface area (Å²) >= 11 is 0. The molecule has 1 aliphatic heterocycles. The van der Waals surface area contributed by atoms with Crippen LogP contribution in [0.5, 0.6) is 5.75 Å². The van der Waals surface area contributed by atoms with Gasteiger partial charge in [0.15, 0.2) is 0 Å². The molecule has 29 heavy (non-hydrogen) atoms. The van der Waals surface area contributed by atoms with Crippen LogP contribution < -0.4 is 4.74 Å². The number of carbonyl (C=O) groups excluding carboxylic acids is 1. The summed E-state index contributed by atoms with van der Waals surface area (Å²) in [6.45, 7) is 3.03. The fourth-order valence-corrected chi connectivity index (χ4v) is 3.89. The van der Waals surface area contributed by atoms with E-state index in [-0.39, 0.29) is 10.8 Å². The van der Waals surface area contributed by atoms with E-state index in [4.69, 9.17) is 4.74 Å². The van der Waals surface area contributed by atoms with E-state index < -0.39 is 15.6 Å². The molecule has 9 heteroatoms. The van der Waals surface area contributed by atoms with Gasteiger partial charge in [-0.2, -0.15) is 8.78 Å². The average molecular weight is 424 g/mol. The second-order valence-electron chi connectivity index (χ2n) is 6.75. The Bertz CT molecular complexity index is 939. The number of piperazine rings is 1. The van der Waals surface area contributed by atoms with Crippen molar-refractivity contribution < 1.29 is 26.7 Å². The molecule has 0 bridgehead atoms. The van der Waals surface area contributed by atoms with Crippen molar-refractivity contribution in [3.05, 3.63) is 59.7 Å². The molecule has 1 saturated heterocycles. The van der Waals surface area contributed by atoms with Crippen molar-refractivity contribution in [3.63, 3.8) is 0 Å². The van der Waals surface area contributed by atoms with Gasteiger partial charge in [0, 0.05) is 38.3 Å². The van der Waals surface area contributed by atoms with Gasteiger partial charge in [-0.3, -0.25) is 9.69 Å². The van der Waals surface area contributed by atoms with E-state index in [2.05, 4.69) is 4.90 Å². The lowest BCUT2D eigenvalue weighted by atomic mass is 10.1. The molecular formula is C20H22F2N2O4S. The first kappa shape index (κ1) is 21.2. The van der Waals surface area contributed by atoms with E-state index in [0.717, 1.165) is 5.56 Å². The van der Waals surface area contributed by atoms with Gasteiger partial charge in [0.1, 0.15) is 5.75 Å². The zero-order valence-electron chi connectivity index (χ0n) is 15.9. The third-order valence-corrected chi connectivity index (χ3v) is 6.29. The van der Waals surface area contributed by atoms with Crippen molar-refractivity contribution >= 4 is 15.7 Å². The highest BCUT2D eigenvalue weighted by Crippen LogP contribution is 2.20. The molecule has 0 aliphatic carbocycles. The number of nitrogens with zero attached hydrogens (tertiary/aromatic N) is 2. The Kier molecular flexibility index (Phi) is 6.49. The zero-order valence-corrected chi connectivity index (χ0v) is 16.7. The largest absolute Gasteiger partial charge is 0.497 e. The SMILES string of the molecule is COc1ccc(C(=O)N2CCN(Cc3ccc(S(=O)(=O)C(F)F)cc3)CC2)cc1. The predicted molar refractivity (Wildman–Crippen MR) is 104 cm³/mol. The lowest BCUT2D eigenvalue weighted by Crippen LogP contribution is -2.48. The maximum Gasteiger partial charge on any atom is 0.341 e. The minimum Gasteiger partial charge on any atom is -0.497 e. The highest BCUT2D eigenvalue weighted by atomic mass is 32.2. The van der Waals surface area contributed by atoms with E-state index in [1.165, 1.54) is 12.1 Å². The molecule has 0 aromatic heterocycles. The molecule has 0 radical (unpaired) electrons. The second-order valence-corrected chi connectivity index (χ2v) is 8.66. The van der Waals surface area contributed by atoms with Crippen LogP contribution in [0.3, 0.4) is 0 Å². The molecule has 0 unspecified atom stereocenters. The van der Waals surface area contributed by atoms with Crippen LogP contribution in [0.1, 0.15) is 15.9 Å². The van der Waals surface area contributed by atoms with Gasteiger partial charge in [0.2, 0.25) is 9.84 Å². The molecule has 3 rings (SSSR count). The quantitative estimate of drug-likeness (QED) is 0.713. The van der Waals surface area contributed by atoms with Gasteiger partial charge in [0.25, 0.3) is 5.91 Å². The Labute approximate surface area is 168 Å². The van der Waals surface area contributed by atoms with Gasteiger partial charge in [-0.25, -0.2) is 8.42 Å². The Morgan fingerprint density at radius 1 is 1.00 bits per heavy atom. The number of carbonyl (C=O) groups is 1. The van der Waals surface area contributed by atoms with E-state index in [0.29, 0.717) is 44.0 Å². The summed E-state index contributed by atoms with van der Waals surface area (Å²) < 4.78 is 53.3. The first-order valence-corrected chi connectivity index (χ1v) is 10.6. The fraction of sp³-hybridized carbons (Fsp3) is 0.350. The minimum atomic E-state index is -4.57. The van der Waals surface area contributed by atoms with E-state index in [1.807, 2.05) is 0 Å². The predicted octanol–water partition coefficient (Wildman–Crippen LogP) is 2.65. The monoisotopic (exact) mass is 424 g/mol. The Morgan fingerprint density at radius 3 is 2.10 bits per heavy atom. The molecule has 6 nitrogen and oxygen atoms in total. The third-order valence-electron chi connectivity index (χ3n) is 4.89. The number of benzene rings is 2. The number of alkyl halides is 2. The van der Waals surface area contributed by atoms with Gasteiger partial charge < -0.3 is 9.64 Å². The summed E-state index contributed by atoms with van der Waals surface area (Å²) in [7, 11) is -3.00. The Morgan fingerprint density at radius 2 is 1.59 bits per heavy atom. The smallest absolute Gasteiger partial charge is 0.341 e. The molecular weight excluding hydrogens is 402 g/mol. The molecule has 0 N–H and O–H groups in total. The number of rotatable bonds is 6. The van der Waals surface area contributed by atoms with Crippen molar-refractivity contribution in [2.45, 2.75) is 17.2 Å².